The lowest BCUT2D eigenvalue weighted by atomic mass is 9.80. The molecule has 2 heteroatoms. The van der Waals surface area contributed by atoms with E-state index < -0.39 is 0 Å². The summed E-state index contributed by atoms with van der Waals surface area (Å²) in [6.07, 6.45) is 0. The maximum atomic E-state index is 2.56. The van der Waals surface area contributed by atoms with Crippen molar-refractivity contribution in [1.29, 1.82) is 0 Å². The monoisotopic (exact) mass is 600 g/mol. The van der Waals surface area contributed by atoms with E-state index in [0.29, 0.717) is 0 Å². The zero-order valence-electron chi connectivity index (χ0n) is 26.4. The molecule has 8 aromatic rings. The maximum Gasteiger partial charge on any atom is 0.0791 e. The van der Waals surface area contributed by atoms with Crippen molar-refractivity contribution >= 4 is 38.9 Å². The van der Waals surface area contributed by atoms with E-state index in [1.165, 1.54) is 83.4 Å². The third kappa shape index (κ3) is 3.56. The van der Waals surface area contributed by atoms with Crippen LogP contribution in [0.3, 0.4) is 0 Å². The second-order valence-electron chi connectivity index (χ2n) is 13.4. The fourth-order valence-corrected chi connectivity index (χ4v) is 8.32. The zero-order chi connectivity index (χ0) is 31.3. The third-order valence-electron chi connectivity index (χ3n) is 10.5. The predicted molar refractivity (Wildman–Crippen MR) is 197 cm³/mol. The van der Waals surface area contributed by atoms with Gasteiger partial charge >= 0.3 is 0 Å². The van der Waals surface area contributed by atoms with Crippen molar-refractivity contribution in [3.8, 4) is 39.1 Å². The SMILES string of the molecule is CC1(C)c2cc(-c3ccccc3)ccc2-c2c1cc(-c1ccccc1)c1c2N(c2ccccc2)c2cccc3c4ccccc4n-1c23. The summed E-state index contributed by atoms with van der Waals surface area (Å²) in [7, 11) is 0. The molecular formula is C45H32N2. The zero-order valence-corrected chi connectivity index (χ0v) is 26.4. The smallest absolute Gasteiger partial charge is 0.0791 e. The quantitative estimate of drug-likeness (QED) is 0.196. The molecule has 0 N–H and O–H groups in total. The molecule has 2 nitrogen and oxygen atoms in total. The summed E-state index contributed by atoms with van der Waals surface area (Å²) < 4.78 is 2.56. The lowest BCUT2D eigenvalue weighted by Gasteiger charge is -2.37. The van der Waals surface area contributed by atoms with E-state index in [-0.39, 0.29) is 5.41 Å². The van der Waals surface area contributed by atoms with Crippen LogP contribution in [0.15, 0.2) is 158 Å². The normalized spacial score (nSPS) is 13.9. The predicted octanol–water partition coefficient (Wildman–Crippen LogP) is 12.2. The van der Waals surface area contributed by atoms with E-state index in [0.717, 1.165) is 5.69 Å². The van der Waals surface area contributed by atoms with Crippen molar-refractivity contribution in [3.63, 3.8) is 0 Å². The minimum absolute atomic E-state index is 0.207. The molecule has 0 fully saturated rings. The van der Waals surface area contributed by atoms with Gasteiger partial charge in [0.05, 0.1) is 28.1 Å². The largest absolute Gasteiger partial charge is 0.306 e. The van der Waals surface area contributed by atoms with Crippen LogP contribution in [0.2, 0.25) is 0 Å². The standard InChI is InChI=1S/C45H32N2/c1-45(2)37-27-31(29-15-6-3-7-16-29)25-26-35(37)41-38(45)28-36(30-17-8-4-9-18-30)43-44(41)46(32-19-10-5-11-20-32)40-24-14-22-34-33-21-12-13-23-39(33)47(43)42(34)40/h3-28H,1-2H3. The first-order valence-corrected chi connectivity index (χ1v) is 16.5. The minimum Gasteiger partial charge on any atom is -0.306 e. The molecule has 47 heavy (non-hydrogen) atoms. The summed E-state index contributed by atoms with van der Waals surface area (Å²) in [6.45, 7) is 4.81. The summed E-state index contributed by atoms with van der Waals surface area (Å²) in [6, 6.07) is 58.0. The fraction of sp³-hybridized carbons (Fsp3) is 0.0667. The number of nitrogens with zero attached hydrogens (tertiary/aromatic N) is 2. The molecule has 0 unspecified atom stereocenters. The molecule has 222 valence electrons. The highest BCUT2D eigenvalue weighted by molar-refractivity contribution is 6.19. The molecule has 1 aliphatic heterocycles. The minimum atomic E-state index is -0.207. The van der Waals surface area contributed by atoms with Gasteiger partial charge in [0.1, 0.15) is 0 Å². The maximum absolute atomic E-state index is 2.56. The average molecular weight is 601 g/mol. The van der Waals surface area contributed by atoms with Crippen LogP contribution in [0.4, 0.5) is 17.1 Å². The van der Waals surface area contributed by atoms with Gasteiger partial charge in [0, 0.05) is 33.0 Å². The lowest BCUT2D eigenvalue weighted by molar-refractivity contribution is 0.660. The second kappa shape index (κ2) is 9.57. The summed E-state index contributed by atoms with van der Waals surface area (Å²) in [5.41, 5.74) is 17.5. The van der Waals surface area contributed by atoms with Crippen molar-refractivity contribution in [3.05, 3.63) is 169 Å². The van der Waals surface area contributed by atoms with E-state index in [1.807, 2.05) is 0 Å². The number of aromatic nitrogens is 1. The Morgan fingerprint density at radius 3 is 1.89 bits per heavy atom. The van der Waals surface area contributed by atoms with E-state index in [2.05, 4.69) is 181 Å². The Bertz CT molecular complexity index is 2520. The third-order valence-corrected chi connectivity index (χ3v) is 10.5. The number of fused-ring (bicyclic) bond motifs is 9. The Hall–Kier alpha value is -5.86. The topological polar surface area (TPSA) is 8.17 Å². The molecule has 2 aliphatic rings. The van der Waals surface area contributed by atoms with Crippen molar-refractivity contribution in [2.75, 3.05) is 4.90 Å². The van der Waals surface area contributed by atoms with E-state index in [1.54, 1.807) is 0 Å². The molecule has 2 heterocycles. The molecule has 0 spiro atoms. The molecule has 0 saturated carbocycles. The number of anilines is 3. The molecule has 1 aliphatic carbocycles. The molecule has 10 rings (SSSR count). The van der Waals surface area contributed by atoms with Crippen molar-refractivity contribution in [2.45, 2.75) is 19.3 Å². The molecule has 7 aromatic carbocycles. The van der Waals surface area contributed by atoms with Crippen LogP contribution in [-0.2, 0) is 5.41 Å². The van der Waals surface area contributed by atoms with Crippen LogP contribution in [0.1, 0.15) is 25.0 Å². The number of benzene rings is 7. The van der Waals surface area contributed by atoms with E-state index >= 15 is 0 Å². The van der Waals surface area contributed by atoms with Crippen molar-refractivity contribution in [2.24, 2.45) is 0 Å². The number of para-hydroxylation sites is 3. The fourth-order valence-electron chi connectivity index (χ4n) is 8.32. The van der Waals surface area contributed by atoms with Gasteiger partial charge in [-0.2, -0.15) is 0 Å². The first-order chi connectivity index (χ1) is 23.1. The first-order valence-electron chi connectivity index (χ1n) is 16.5. The number of hydrogen-bond acceptors (Lipinski definition) is 1. The van der Waals surface area contributed by atoms with Gasteiger partial charge in [-0.3, -0.25) is 0 Å². The highest BCUT2D eigenvalue weighted by Gasteiger charge is 2.43. The lowest BCUT2D eigenvalue weighted by Crippen LogP contribution is -2.21. The molecule has 0 bridgehead atoms. The molecule has 0 amide bonds. The molecule has 0 saturated heterocycles. The number of hydrogen-bond donors (Lipinski definition) is 0. The van der Waals surface area contributed by atoms with Crippen molar-refractivity contribution < 1.29 is 0 Å². The van der Waals surface area contributed by atoms with Gasteiger partial charge in [0.2, 0.25) is 0 Å². The van der Waals surface area contributed by atoms with Crippen LogP contribution < -0.4 is 4.90 Å². The first kappa shape index (κ1) is 26.4. The van der Waals surface area contributed by atoms with Crippen LogP contribution >= 0.6 is 0 Å². The summed E-state index contributed by atoms with van der Waals surface area (Å²) in [5.74, 6) is 0. The van der Waals surface area contributed by atoms with E-state index in [9.17, 15) is 0 Å². The van der Waals surface area contributed by atoms with Gasteiger partial charge in [-0.15, -0.1) is 0 Å². The highest BCUT2D eigenvalue weighted by atomic mass is 15.2. The summed E-state index contributed by atoms with van der Waals surface area (Å²) >= 11 is 0. The van der Waals surface area contributed by atoms with Gasteiger partial charge in [0.15, 0.2) is 0 Å². The Balaban J connectivity index is 1.41. The van der Waals surface area contributed by atoms with Gasteiger partial charge in [-0.1, -0.05) is 135 Å². The second-order valence-corrected chi connectivity index (χ2v) is 13.4. The summed E-state index contributed by atoms with van der Waals surface area (Å²) in [4.78, 5) is 2.54. The van der Waals surface area contributed by atoms with Gasteiger partial charge in [-0.25, -0.2) is 0 Å². The molecular weight excluding hydrogens is 569 g/mol. The van der Waals surface area contributed by atoms with Crippen LogP contribution in [0.5, 0.6) is 0 Å². The Morgan fingerprint density at radius 2 is 1.13 bits per heavy atom. The van der Waals surface area contributed by atoms with Gasteiger partial charge in [-0.05, 0) is 69.8 Å². The Kier molecular flexibility index (Phi) is 5.37. The van der Waals surface area contributed by atoms with Gasteiger partial charge in [0.25, 0.3) is 0 Å². The average Bonchev–Trinajstić information content (AvgIpc) is 3.58. The van der Waals surface area contributed by atoms with Gasteiger partial charge < -0.3 is 9.47 Å². The highest BCUT2D eigenvalue weighted by Crippen LogP contribution is 2.61. The van der Waals surface area contributed by atoms with E-state index in [4.69, 9.17) is 0 Å². The van der Waals surface area contributed by atoms with Crippen molar-refractivity contribution in [1.82, 2.24) is 4.57 Å². The molecule has 1 aromatic heterocycles. The Morgan fingerprint density at radius 1 is 0.468 bits per heavy atom. The Labute approximate surface area is 274 Å². The number of rotatable bonds is 3. The molecule has 0 atom stereocenters. The van der Waals surface area contributed by atoms with Crippen LogP contribution in [0, 0.1) is 0 Å². The molecule has 0 radical (unpaired) electrons. The van der Waals surface area contributed by atoms with Crippen LogP contribution in [-0.4, -0.2) is 4.57 Å². The summed E-state index contributed by atoms with van der Waals surface area (Å²) in [5, 5.41) is 2.55. The van der Waals surface area contributed by atoms with Crippen LogP contribution in [0.25, 0.3) is 60.9 Å².